The van der Waals surface area contributed by atoms with Crippen LogP contribution in [0, 0.1) is 56.7 Å². The molecule has 0 spiro atoms. The van der Waals surface area contributed by atoms with E-state index in [1.165, 1.54) is 6.92 Å². The van der Waals surface area contributed by atoms with Crippen molar-refractivity contribution in [2.24, 2.45) is 56.7 Å². The lowest BCUT2D eigenvalue weighted by molar-refractivity contribution is -0.253. The smallest absolute Gasteiger partial charge is 0.313 e. The monoisotopic (exact) mass is 544 g/mol. The second kappa shape index (κ2) is 9.06. The van der Waals surface area contributed by atoms with Crippen molar-refractivity contribution < 1.29 is 34.4 Å². The van der Waals surface area contributed by atoms with Crippen LogP contribution in [0.4, 0.5) is 0 Å². The molecule has 0 saturated heterocycles. The van der Waals surface area contributed by atoms with Gasteiger partial charge < -0.3 is 20.1 Å². The Balaban J connectivity index is 1.55. The van der Waals surface area contributed by atoms with E-state index in [1.54, 1.807) is 6.92 Å². The Labute approximate surface area is 232 Å². The van der Waals surface area contributed by atoms with Crippen molar-refractivity contribution in [1.29, 1.82) is 0 Å². The Kier molecular flexibility index (Phi) is 6.65. The van der Waals surface area contributed by atoms with Gasteiger partial charge in [0.05, 0.1) is 12.0 Å². The van der Waals surface area contributed by atoms with E-state index in [-0.39, 0.29) is 46.5 Å². The van der Waals surface area contributed by atoms with E-state index in [0.717, 1.165) is 50.5 Å². The summed E-state index contributed by atoms with van der Waals surface area (Å²) in [6.07, 6.45) is 7.20. The molecule has 5 saturated carbocycles. The van der Waals surface area contributed by atoms with Crippen molar-refractivity contribution in [3.05, 3.63) is 12.2 Å². The summed E-state index contributed by atoms with van der Waals surface area (Å²) in [6.45, 7) is 14.4. The van der Waals surface area contributed by atoms with Crippen LogP contribution in [0.2, 0.25) is 0 Å². The standard InChI is InChI=1S/C32H48O7/c1-18(17-33)20-9-14-32(27(37)38)16-15-29(4)21(25(20)32)7-8-22-28(3)12-11-24(39-19(2)34)31(6,26(35)36)23(28)10-13-30(22,29)5/h20-25,33H,1,7-17H2,2-6H3,(H,35,36)(H,37,38). The Bertz CT molecular complexity index is 1080. The maximum absolute atomic E-state index is 12.9. The summed E-state index contributed by atoms with van der Waals surface area (Å²) in [5.41, 5.74) is -1.47. The van der Waals surface area contributed by atoms with E-state index < -0.39 is 34.8 Å². The van der Waals surface area contributed by atoms with Crippen molar-refractivity contribution in [2.45, 2.75) is 105 Å². The van der Waals surface area contributed by atoms with Crippen LogP contribution < -0.4 is 0 Å². The van der Waals surface area contributed by atoms with Gasteiger partial charge in [0.25, 0.3) is 0 Å². The molecular formula is C32H48O7. The van der Waals surface area contributed by atoms with Crippen LogP contribution in [-0.4, -0.2) is 45.9 Å². The molecule has 0 heterocycles. The zero-order valence-corrected chi connectivity index (χ0v) is 24.4. The molecule has 0 aromatic carbocycles. The van der Waals surface area contributed by atoms with Gasteiger partial charge in [0, 0.05) is 6.92 Å². The molecule has 3 N–H and O–H groups in total. The maximum atomic E-state index is 12.9. The summed E-state index contributed by atoms with van der Waals surface area (Å²) in [5, 5.41) is 31.1. The van der Waals surface area contributed by atoms with Crippen molar-refractivity contribution >= 4 is 17.9 Å². The number of esters is 1. The van der Waals surface area contributed by atoms with Gasteiger partial charge in [-0.1, -0.05) is 27.4 Å². The first-order valence-electron chi connectivity index (χ1n) is 15.1. The largest absolute Gasteiger partial charge is 0.481 e. The van der Waals surface area contributed by atoms with Gasteiger partial charge in [0.15, 0.2) is 0 Å². The van der Waals surface area contributed by atoms with Gasteiger partial charge in [-0.2, -0.15) is 0 Å². The molecule has 5 rings (SSSR count). The summed E-state index contributed by atoms with van der Waals surface area (Å²) in [4.78, 5) is 37.6. The number of aliphatic hydroxyl groups is 1. The maximum Gasteiger partial charge on any atom is 0.313 e. The molecule has 11 unspecified atom stereocenters. The highest BCUT2D eigenvalue weighted by atomic mass is 16.5. The van der Waals surface area contributed by atoms with E-state index in [4.69, 9.17) is 4.74 Å². The number of carbonyl (C=O) groups excluding carboxylic acids is 1. The first-order chi connectivity index (χ1) is 18.1. The molecule has 39 heavy (non-hydrogen) atoms. The van der Waals surface area contributed by atoms with Crippen LogP contribution in [-0.2, 0) is 19.1 Å². The highest BCUT2D eigenvalue weighted by Crippen LogP contribution is 2.77. The zero-order valence-electron chi connectivity index (χ0n) is 24.4. The van der Waals surface area contributed by atoms with Crippen molar-refractivity contribution in [3.8, 4) is 0 Å². The third-order valence-corrected chi connectivity index (χ3v) is 14.0. The number of aliphatic hydroxyl groups excluding tert-OH is 1. The van der Waals surface area contributed by atoms with Crippen molar-refractivity contribution in [1.82, 2.24) is 0 Å². The summed E-state index contributed by atoms with van der Waals surface area (Å²) >= 11 is 0. The molecule has 7 heteroatoms. The average Bonchev–Trinajstić information content (AvgIpc) is 3.26. The van der Waals surface area contributed by atoms with E-state index >= 15 is 0 Å². The van der Waals surface area contributed by atoms with Crippen LogP contribution >= 0.6 is 0 Å². The van der Waals surface area contributed by atoms with Gasteiger partial charge in [0.1, 0.15) is 11.5 Å². The minimum atomic E-state index is -1.14. The Hall–Kier alpha value is -1.89. The molecule has 5 aliphatic rings. The number of rotatable bonds is 5. The van der Waals surface area contributed by atoms with Gasteiger partial charge in [-0.15, -0.1) is 0 Å². The normalized spacial score (nSPS) is 50.5. The van der Waals surface area contributed by atoms with Crippen molar-refractivity contribution in [3.63, 3.8) is 0 Å². The van der Waals surface area contributed by atoms with E-state index in [0.29, 0.717) is 25.2 Å². The molecule has 11 atom stereocenters. The molecule has 5 fully saturated rings. The molecule has 7 nitrogen and oxygen atoms in total. The SMILES string of the molecule is C=C(CO)C1CCC2(C(=O)O)CCC3(C)C(CCC4C5(C)CCC(OC(C)=O)C(C)(C(=O)O)C5CCC43C)C12. The second-order valence-electron chi connectivity index (χ2n) is 14.8. The fourth-order valence-corrected chi connectivity index (χ4v) is 11.9. The van der Waals surface area contributed by atoms with Gasteiger partial charge in [-0.05, 0) is 123 Å². The quantitative estimate of drug-likeness (QED) is 0.300. The predicted octanol–water partition coefficient (Wildman–Crippen LogP) is 5.70. The summed E-state index contributed by atoms with van der Waals surface area (Å²) in [7, 11) is 0. The highest BCUT2D eigenvalue weighted by Gasteiger charge is 2.73. The minimum Gasteiger partial charge on any atom is -0.481 e. The summed E-state index contributed by atoms with van der Waals surface area (Å²) in [5.74, 6) is -1.57. The fraction of sp³-hybridized carbons (Fsp3) is 0.844. The minimum absolute atomic E-state index is 0.0253. The molecule has 0 aliphatic heterocycles. The molecule has 0 bridgehead atoms. The predicted molar refractivity (Wildman–Crippen MR) is 146 cm³/mol. The number of hydrogen-bond donors (Lipinski definition) is 3. The molecule has 0 aromatic rings. The number of fused-ring (bicyclic) bond motifs is 7. The topological polar surface area (TPSA) is 121 Å². The number of aliphatic carboxylic acids is 2. The lowest BCUT2D eigenvalue weighted by atomic mass is 9.32. The Morgan fingerprint density at radius 1 is 0.821 bits per heavy atom. The molecule has 0 radical (unpaired) electrons. The van der Waals surface area contributed by atoms with Gasteiger partial charge in [-0.3, -0.25) is 14.4 Å². The molecular weight excluding hydrogens is 496 g/mol. The Morgan fingerprint density at radius 2 is 1.51 bits per heavy atom. The fourth-order valence-electron chi connectivity index (χ4n) is 11.9. The molecule has 0 aromatic heterocycles. The van der Waals surface area contributed by atoms with Crippen LogP contribution in [0.5, 0.6) is 0 Å². The number of carboxylic acid groups (broad SMARTS) is 2. The third kappa shape index (κ3) is 3.53. The lowest BCUT2D eigenvalue weighted by Gasteiger charge is -2.72. The molecule has 218 valence electrons. The first-order valence-corrected chi connectivity index (χ1v) is 15.1. The number of hydrogen-bond acceptors (Lipinski definition) is 5. The Morgan fingerprint density at radius 3 is 2.10 bits per heavy atom. The van der Waals surface area contributed by atoms with Crippen LogP contribution in [0.25, 0.3) is 0 Å². The second-order valence-corrected chi connectivity index (χ2v) is 14.8. The number of ether oxygens (including phenoxy) is 1. The molecule has 0 amide bonds. The zero-order chi connectivity index (χ0) is 28.8. The summed E-state index contributed by atoms with van der Waals surface area (Å²) in [6, 6.07) is 0. The molecule has 5 aliphatic carbocycles. The van der Waals surface area contributed by atoms with Gasteiger partial charge in [0.2, 0.25) is 0 Å². The number of carboxylic acids is 2. The van der Waals surface area contributed by atoms with E-state index in [1.807, 2.05) is 0 Å². The van der Waals surface area contributed by atoms with E-state index in [2.05, 4.69) is 27.4 Å². The van der Waals surface area contributed by atoms with Crippen LogP contribution in [0.15, 0.2) is 12.2 Å². The average molecular weight is 545 g/mol. The summed E-state index contributed by atoms with van der Waals surface area (Å²) < 4.78 is 5.65. The van der Waals surface area contributed by atoms with Crippen LogP contribution in [0.3, 0.4) is 0 Å². The van der Waals surface area contributed by atoms with Crippen LogP contribution in [0.1, 0.15) is 98.8 Å². The number of carbonyl (C=O) groups is 3. The third-order valence-electron chi connectivity index (χ3n) is 14.0. The van der Waals surface area contributed by atoms with Gasteiger partial charge in [-0.25, -0.2) is 0 Å². The van der Waals surface area contributed by atoms with Gasteiger partial charge >= 0.3 is 17.9 Å². The first kappa shape index (κ1) is 28.6. The highest BCUT2D eigenvalue weighted by molar-refractivity contribution is 5.77. The van der Waals surface area contributed by atoms with E-state index in [9.17, 15) is 29.7 Å². The lowest BCUT2D eigenvalue weighted by Crippen LogP contribution is -2.68. The van der Waals surface area contributed by atoms with Crippen molar-refractivity contribution in [2.75, 3.05) is 6.61 Å².